The summed E-state index contributed by atoms with van der Waals surface area (Å²) in [6.45, 7) is 1.78. The molecule has 2 N–H and O–H groups in total. The van der Waals surface area contributed by atoms with Crippen LogP contribution in [0.2, 0.25) is 0 Å². The van der Waals surface area contributed by atoms with Crippen molar-refractivity contribution in [2.45, 2.75) is 25.1 Å². The number of hydrogen-bond donors (Lipinski definition) is 1. The van der Waals surface area contributed by atoms with Crippen LogP contribution in [0.1, 0.15) is 18.9 Å². The van der Waals surface area contributed by atoms with Crippen LogP contribution in [0.25, 0.3) is 0 Å². The van der Waals surface area contributed by atoms with Gasteiger partial charge in [0.15, 0.2) is 9.84 Å². The molecule has 0 bridgehead atoms. The average molecular weight is 263 g/mol. The van der Waals surface area contributed by atoms with Gasteiger partial charge in [-0.1, -0.05) is 13.0 Å². The largest absolute Gasteiger partial charge is 0.327 e. The van der Waals surface area contributed by atoms with Gasteiger partial charge in [-0.15, -0.1) is 0 Å². The van der Waals surface area contributed by atoms with Gasteiger partial charge >= 0.3 is 0 Å². The van der Waals surface area contributed by atoms with Crippen molar-refractivity contribution in [2.75, 3.05) is 5.75 Å². The van der Waals surface area contributed by atoms with E-state index in [4.69, 9.17) is 5.73 Å². The van der Waals surface area contributed by atoms with Crippen molar-refractivity contribution in [1.29, 1.82) is 0 Å². The van der Waals surface area contributed by atoms with E-state index in [0.717, 1.165) is 12.1 Å². The Hall–Kier alpha value is -1.01. The van der Waals surface area contributed by atoms with Crippen molar-refractivity contribution in [3.8, 4) is 0 Å². The van der Waals surface area contributed by atoms with Gasteiger partial charge in [0, 0.05) is 17.7 Å². The molecule has 0 aliphatic heterocycles. The van der Waals surface area contributed by atoms with Gasteiger partial charge < -0.3 is 5.73 Å². The molecule has 0 fully saturated rings. The summed E-state index contributed by atoms with van der Waals surface area (Å²) in [5.41, 5.74) is 5.51. The molecular weight excluding hydrogens is 248 g/mol. The van der Waals surface area contributed by atoms with Crippen molar-refractivity contribution in [2.24, 2.45) is 5.73 Å². The Morgan fingerprint density at radius 2 is 2.00 bits per heavy atom. The zero-order chi connectivity index (χ0) is 13.1. The van der Waals surface area contributed by atoms with Crippen LogP contribution in [0.3, 0.4) is 0 Å². The molecule has 1 aromatic carbocycles. The van der Waals surface area contributed by atoms with Crippen molar-refractivity contribution in [3.63, 3.8) is 0 Å². The molecule has 1 unspecified atom stereocenters. The van der Waals surface area contributed by atoms with Crippen molar-refractivity contribution in [1.82, 2.24) is 0 Å². The fraction of sp³-hybridized carbons (Fsp3) is 0.455. The topological polar surface area (TPSA) is 60.2 Å². The molecule has 1 rings (SSSR count). The Balaban J connectivity index is 2.83. The fourth-order valence-electron chi connectivity index (χ4n) is 1.38. The minimum absolute atomic E-state index is 0.0327. The third-order valence-electron chi connectivity index (χ3n) is 2.38. The first kappa shape index (κ1) is 14.1. The minimum Gasteiger partial charge on any atom is -0.327 e. The summed E-state index contributed by atoms with van der Waals surface area (Å²) in [5, 5.41) is 0. The highest BCUT2D eigenvalue weighted by atomic mass is 32.2. The van der Waals surface area contributed by atoms with E-state index < -0.39 is 33.3 Å². The molecule has 6 heteroatoms. The second-order valence-electron chi connectivity index (χ2n) is 3.96. The molecule has 1 aromatic rings. The second-order valence-corrected chi connectivity index (χ2v) is 6.07. The van der Waals surface area contributed by atoms with Crippen LogP contribution in [0.15, 0.2) is 18.2 Å². The Kier molecular flexibility index (Phi) is 4.59. The van der Waals surface area contributed by atoms with Gasteiger partial charge in [-0.2, -0.15) is 0 Å². The quantitative estimate of drug-likeness (QED) is 0.878. The van der Waals surface area contributed by atoms with Crippen LogP contribution in [-0.2, 0) is 15.6 Å². The second kappa shape index (κ2) is 5.55. The van der Waals surface area contributed by atoms with Gasteiger partial charge in [0.1, 0.15) is 11.6 Å². The van der Waals surface area contributed by atoms with Crippen LogP contribution < -0.4 is 5.73 Å². The molecule has 3 nitrogen and oxygen atoms in total. The third-order valence-corrected chi connectivity index (χ3v) is 4.07. The molecule has 96 valence electrons. The van der Waals surface area contributed by atoms with E-state index in [1.54, 1.807) is 6.92 Å². The van der Waals surface area contributed by atoms with E-state index in [1.807, 2.05) is 0 Å². The predicted octanol–water partition coefficient (Wildman–Crippen LogP) is 1.62. The van der Waals surface area contributed by atoms with E-state index in [9.17, 15) is 17.2 Å². The smallest absolute Gasteiger partial charge is 0.156 e. The van der Waals surface area contributed by atoms with E-state index in [2.05, 4.69) is 0 Å². The molecule has 0 aliphatic carbocycles. The summed E-state index contributed by atoms with van der Waals surface area (Å²) >= 11 is 0. The highest BCUT2D eigenvalue weighted by Gasteiger charge is 2.18. The first-order valence-electron chi connectivity index (χ1n) is 5.24. The predicted molar refractivity (Wildman–Crippen MR) is 62.1 cm³/mol. The lowest BCUT2D eigenvalue weighted by molar-refractivity contribution is 0.565. The van der Waals surface area contributed by atoms with Gasteiger partial charge in [0.05, 0.1) is 11.5 Å². The fourth-order valence-corrected chi connectivity index (χ4v) is 3.09. The van der Waals surface area contributed by atoms with Crippen LogP contribution >= 0.6 is 0 Å². The monoisotopic (exact) mass is 263 g/mol. The highest BCUT2D eigenvalue weighted by molar-refractivity contribution is 7.90. The van der Waals surface area contributed by atoms with Gasteiger partial charge in [-0.25, -0.2) is 17.2 Å². The normalized spacial score (nSPS) is 13.6. The molecule has 0 saturated carbocycles. The molecule has 0 aromatic heterocycles. The first-order valence-corrected chi connectivity index (χ1v) is 7.06. The lowest BCUT2D eigenvalue weighted by Crippen LogP contribution is -2.29. The van der Waals surface area contributed by atoms with E-state index >= 15 is 0 Å². The Morgan fingerprint density at radius 3 is 2.53 bits per heavy atom. The number of rotatable bonds is 5. The molecule has 1 atom stereocenters. The molecule has 0 aliphatic rings. The maximum atomic E-state index is 13.3. The van der Waals surface area contributed by atoms with E-state index in [0.29, 0.717) is 12.5 Å². The first-order chi connectivity index (χ1) is 7.84. The maximum Gasteiger partial charge on any atom is 0.156 e. The minimum atomic E-state index is -3.47. The lowest BCUT2D eigenvalue weighted by atomic mass is 10.2. The summed E-state index contributed by atoms with van der Waals surface area (Å²) in [5.74, 6) is -2.22. The highest BCUT2D eigenvalue weighted by Crippen LogP contribution is 2.14. The number of nitrogens with two attached hydrogens (primary N) is 1. The number of halogens is 2. The molecule has 0 saturated heterocycles. The van der Waals surface area contributed by atoms with Crippen LogP contribution in [-0.4, -0.2) is 20.2 Å². The van der Waals surface area contributed by atoms with E-state index in [-0.39, 0.29) is 11.3 Å². The molecular formula is C11H15F2NO2S. The SMILES string of the molecule is CCC(N)CS(=O)(=O)Cc1ccc(F)cc1F. The Labute approximate surface area is 99.6 Å². The standard InChI is InChI=1S/C11H15F2NO2S/c1-2-10(14)7-17(15,16)6-8-3-4-9(12)5-11(8)13/h3-5,10H,2,6-7,14H2,1H3. The summed E-state index contributed by atoms with van der Waals surface area (Å²) in [7, 11) is -3.47. The Morgan fingerprint density at radius 1 is 1.35 bits per heavy atom. The third kappa shape index (κ3) is 4.40. The molecule has 0 spiro atoms. The summed E-state index contributed by atoms with van der Waals surface area (Å²) in [6, 6.07) is 2.39. The molecule has 0 heterocycles. The lowest BCUT2D eigenvalue weighted by Gasteiger charge is -2.10. The van der Waals surface area contributed by atoms with Crippen molar-refractivity contribution in [3.05, 3.63) is 35.4 Å². The van der Waals surface area contributed by atoms with Crippen LogP contribution in [0.5, 0.6) is 0 Å². The molecule has 17 heavy (non-hydrogen) atoms. The number of hydrogen-bond acceptors (Lipinski definition) is 3. The zero-order valence-corrected chi connectivity index (χ0v) is 10.3. The van der Waals surface area contributed by atoms with Crippen LogP contribution in [0.4, 0.5) is 8.78 Å². The number of sulfone groups is 1. The van der Waals surface area contributed by atoms with Gasteiger partial charge in [0.25, 0.3) is 0 Å². The van der Waals surface area contributed by atoms with Gasteiger partial charge in [-0.05, 0) is 12.5 Å². The van der Waals surface area contributed by atoms with Crippen molar-refractivity contribution >= 4 is 9.84 Å². The zero-order valence-electron chi connectivity index (χ0n) is 9.49. The average Bonchev–Trinajstić information content (AvgIpc) is 2.21. The van der Waals surface area contributed by atoms with Gasteiger partial charge in [0.2, 0.25) is 0 Å². The Bertz CT molecular complexity index is 488. The summed E-state index contributed by atoms with van der Waals surface area (Å²) in [6.07, 6.45) is 0.533. The summed E-state index contributed by atoms with van der Waals surface area (Å²) in [4.78, 5) is 0. The summed E-state index contributed by atoms with van der Waals surface area (Å²) < 4.78 is 49.2. The van der Waals surface area contributed by atoms with Crippen LogP contribution in [0, 0.1) is 11.6 Å². The van der Waals surface area contributed by atoms with E-state index in [1.165, 1.54) is 0 Å². The van der Waals surface area contributed by atoms with Crippen molar-refractivity contribution < 1.29 is 17.2 Å². The molecule has 0 radical (unpaired) electrons. The number of benzene rings is 1. The maximum absolute atomic E-state index is 13.3. The van der Waals surface area contributed by atoms with Gasteiger partial charge in [-0.3, -0.25) is 0 Å². The molecule has 0 amide bonds.